The molecular weight excluding hydrogens is 239 g/mol. The first kappa shape index (κ1) is 12.9. The van der Waals surface area contributed by atoms with Crippen LogP contribution in [-0.4, -0.2) is 17.4 Å². The molecule has 4 nitrogen and oxygen atoms in total. The number of hydrogen-bond donors (Lipinski definition) is 2. The monoisotopic (exact) mass is 247 g/mol. The van der Waals surface area contributed by atoms with Crippen molar-refractivity contribution in [1.82, 2.24) is 0 Å². The van der Waals surface area contributed by atoms with Crippen molar-refractivity contribution in [2.45, 2.75) is 6.36 Å². The van der Waals surface area contributed by atoms with Gasteiger partial charge < -0.3 is 15.6 Å². The number of ether oxygens (including phenoxy) is 1. The highest BCUT2D eigenvalue weighted by atomic mass is 19.4. The van der Waals surface area contributed by atoms with E-state index in [4.69, 9.17) is 10.8 Å². The van der Waals surface area contributed by atoms with Gasteiger partial charge in [0.25, 0.3) is 0 Å². The minimum atomic E-state index is -4.86. The Morgan fingerprint density at radius 2 is 2.06 bits per heavy atom. The molecule has 0 saturated heterocycles. The van der Waals surface area contributed by atoms with Crippen LogP contribution in [0.25, 0.3) is 6.08 Å². The number of carboxylic acid groups (broad SMARTS) is 1. The first-order valence-electron chi connectivity index (χ1n) is 4.35. The molecule has 0 aromatic heterocycles. The van der Waals surface area contributed by atoms with Crippen LogP contribution in [0.1, 0.15) is 5.56 Å². The molecule has 92 valence electrons. The Morgan fingerprint density at radius 3 is 2.59 bits per heavy atom. The molecule has 3 N–H and O–H groups in total. The molecule has 0 aliphatic carbocycles. The van der Waals surface area contributed by atoms with Crippen molar-refractivity contribution in [3.63, 3.8) is 0 Å². The van der Waals surface area contributed by atoms with Crippen LogP contribution in [0.5, 0.6) is 5.75 Å². The molecule has 0 radical (unpaired) electrons. The van der Waals surface area contributed by atoms with Crippen LogP contribution in [0.15, 0.2) is 24.3 Å². The average molecular weight is 247 g/mol. The highest BCUT2D eigenvalue weighted by Crippen LogP contribution is 2.30. The molecule has 0 heterocycles. The van der Waals surface area contributed by atoms with Gasteiger partial charge in [0.05, 0.1) is 0 Å². The van der Waals surface area contributed by atoms with Crippen LogP contribution in [0.2, 0.25) is 0 Å². The van der Waals surface area contributed by atoms with E-state index in [1.54, 1.807) is 0 Å². The van der Waals surface area contributed by atoms with E-state index in [1.165, 1.54) is 12.1 Å². The number of halogens is 3. The lowest BCUT2D eigenvalue weighted by Gasteiger charge is -2.12. The van der Waals surface area contributed by atoms with Gasteiger partial charge in [0.15, 0.2) is 0 Å². The third-order valence-electron chi connectivity index (χ3n) is 1.72. The number of anilines is 1. The summed E-state index contributed by atoms with van der Waals surface area (Å²) in [5.74, 6) is -1.85. The lowest BCUT2D eigenvalue weighted by Crippen LogP contribution is -2.18. The molecule has 0 bridgehead atoms. The Balaban J connectivity index is 3.13. The summed E-state index contributed by atoms with van der Waals surface area (Å²) < 4.78 is 39.9. The summed E-state index contributed by atoms with van der Waals surface area (Å²) in [6, 6.07) is 3.66. The van der Waals surface area contributed by atoms with Crippen molar-refractivity contribution < 1.29 is 27.8 Å². The van der Waals surface area contributed by atoms with Crippen molar-refractivity contribution in [3.05, 3.63) is 29.8 Å². The lowest BCUT2D eigenvalue weighted by molar-refractivity contribution is -0.274. The van der Waals surface area contributed by atoms with E-state index in [1.807, 2.05) is 0 Å². The third-order valence-corrected chi connectivity index (χ3v) is 1.72. The molecule has 0 unspecified atom stereocenters. The summed E-state index contributed by atoms with van der Waals surface area (Å²) in [5.41, 5.74) is 5.29. The molecule has 0 aliphatic heterocycles. The SMILES string of the molecule is Nc1cccc(OC(F)(F)F)c1/C=C/C(=O)O. The van der Waals surface area contributed by atoms with Gasteiger partial charge in [0.1, 0.15) is 5.75 Å². The lowest BCUT2D eigenvalue weighted by atomic mass is 10.1. The molecule has 0 saturated carbocycles. The van der Waals surface area contributed by atoms with Gasteiger partial charge in [-0.25, -0.2) is 4.79 Å². The zero-order valence-electron chi connectivity index (χ0n) is 8.36. The topological polar surface area (TPSA) is 72.5 Å². The molecule has 0 fully saturated rings. The van der Waals surface area contributed by atoms with Gasteiger partial charge in [-0.2, -0.15) is 0 Å². The Labute approximate surface area is 94.1 Å². The van der Waals surface area contributed by atoms with E-state index in [9.17, 15) is 18.0 Å². The van der Waals surface area contributed by atoms with Gasteiger partial charge in [-0.1, -0.05) is 6.07 Å². The second-order valence-corrected chi connectivity index (χ2v) is 2.98. The fraction of sp³-hybridized carbons (Fsp3) is 0.100. The second kappa shape index (κ2) is 4.77. The smallest absolute Gasteiger partial charge is 0.478 e. The minimum absolute atomic E-state index is 0.00995. The van der Waals surface area contributed by atoms with Crippen molar-refractivity contribution in [3.8, 4) is 5.75 Å². The predicted molar refractivity (Wildman–Crippen MR) is 54.2 cm³/mol. The van der Waals surface area contributed by atoms with Crippen LogP contribution < -0.4 is 10.5 Å². The molecule has 1 aromatic carbocycles. The Kier molecular flexibility index (Phi) is 3.62. The maximum absolute atomic E-state index is 12.0. The molecule has 0 amide bonds. The number of carboxylic acids is 1. The zero-order valence-corrected chi connectivity index (χ0v) is 8.36. The number of rotatable bonds is 3. The van der Waals surface area contributed by atoms with Crippen LogP contribution in [0.4, 0.5) is 18.9 Å². The Bertz CT molecular complexity index is 455. The Morgan fingerprint density at radius 1 is 1.41 bits per heavy atom. The number of nitrogen functional groups attached to an aromatic ring is 1. The van der Waals surface area contributed by atoms with E-state index >= 15 is 0 Å². The quantitative estimate of drug-likeness (QED) is 0.634. The van der Waals surface area contributed by atoms with Gasteiger partial charge in [-0.05, 0) is 18.2 Å². The molecule has 1 rings (SSSR count). The molecule has 0 spiro atoms. The first-order chi connectivity index (χ1) is 7.79. The molecular formula is C10H8F3NO3. The fourth-order valence-corrected chi connectivity index (χ4v) is 1.11. The maximum atomic E-state index is 12.0. The largest absolute Gasteiger partial charge is 0.573 e. The summed E-state index contributed by atoms with van der Waals surface area (Å²) in [4.78, 5) is 10.3. The number of hydrogen-bond acceptors (Lipinski definition) is 3. The number of alkyl halides is 3. The maximum Gasteiger partial charge on any atom is 0.573 e. The summed E-state index contributed by atoms with van der Waals surface area (Å²) >= 11 is 0. The van der Waals surface area contributed by atoms with Gasteiger partial charge in [0, 0.05) is 17.3 Å². The fourth-order valence-electron chi connectivity index (χ4n) is 1.11. The number of benzene rings is 1. The van der Waals surface area contributed by atoms with Crippen LogP contribution >= 0.6 is 0 Å². The summed E-state index contributed by atoms with van der Waals surface area (Å²) in [6.45, 7) is 0. The van der Waals surface area contributed by atoms with Crippen LogP contribution in [0.3, 0.4) is 0 Å². The minimum Gasteiger partial charge on any atom is -0.478 e. The van der Waals surface area contributed by atoms with E-state index in [0.29, 0.717) is 6.08 Å². The zero-order chi connectivity index (χ0) is 13.1. The van der Waals surface area contributed by atoms with Crippen molar-refractivity contribution >= 4 is 17.7 Å². The third kappa shape index (κ3) is 4.06. The number of nitrogens with two attached hydrogens (primary N) is 1. The van der Waals surface area contributed by atoms with Crippen molar-refractivity contribution in [2.24, 2.45) is 0 Å². The van der Waals surface area contributed by atoms with E-state index < -0.39 is 18.1 Å². The molecule has 17 heavy (non-hydrogen) atoms. The van der Waals surface area contributed by atoms with Crippen LogP contribution in [0, 0.1) is 0 Å². The predicted octanol–water partition coefficient (Wildman–Crippen LogP) is 2.27. The van der Waals surface area contributed by atoms with E-state index in [0.717, 1.165) is 12.1 Å². The second-order valence-electron chi connectivity index (χ2n) is 2.98. The van der Waals surface area contributed by atoms with Gasteiger partial charge in [-0.3, -0.25) is 0 Å². The van der Waals surface area contributed by atoms with Crippen LogP contribution in [-0.2, 0) is 4.79 Å². The Hall–Kier alpha value is -2.18. The normalized spacial score (nSPS) is 11.7. The van der Waals surface area contributed by atoms with Crippen molar-refractivity contribution in [2.75, 3.05) is 5.73 Å². The number of carbonyl (C=O) groups is 1. The van der Waals surface area contributed by atoms with Gasteiger partial charge >= 0.3 is 12.3 Å². The van der Waals surface area contributed by atoms with E-state index in [2.05, 4.69) is 4.74 Å². The summed E-state index contributed by atoms with van der Waals surface area (Å²) in [6.07, 6.45) is -3.24. The summed E-state index contributed by atoms with van der Waals surface area (Å²) in [7, 11) is 0. The van der Waals surface area contributed by atoms with Gasteiger partial charge in [0.2, 0.25) is 0 Å². The highest BCUT2D eigenvalue weighted by Gasteiger charge is 2.32. The number of aliphatic carboxylic acids is 1. The molecule has 0 atom stereocenters. The highest BCUT2D eigenvalue weighted by molar-refractivity contribution is 5.87. The molecule has 0 aliphatic rings. The molecule has 7 heteroatoms. The molecule has 1 aromatic rings. The van der Waals surface area contributed by atoms with E-state index in [-0.39, 0.29) is 11.3 Å². The average Bonchev–Trinajstić information content (AvgIpc) is 2.13. The first-order valence-corrected chi connectivity index (χ1v) is 4.35. The summed E-state index contributed by atoms with van der Waals surface area (Å²) in [5, 5.41) is 8.40. The van der Waals surface area contributed by atoms with Gasteiger partial charge in [-0.15, -0.1) is 13.2 Å². The standard InChI is InChI=1S/C10H8F3NO3/c11-10(12,13)17-8-3-1-2-7(14)6(8)4-5-9(15)16/h1-5H,14H2,(H,15,16)/b5-4+. The van der Waals surface area contributed by atoms with Crippen molar-refractivity contribution in [1.29, 1.82) is 0 Å².